The molecule has 0 saturated heterocycles. The molecule has 0 amide bonds. The van der Waals surface area contributed by atoms with E-state index in [1.165, 1.54) is 60.7 Å². The lowest BCUT2D eigenvalue weighted by Gasteiger charge is -2.08. The topological polar surface area (TPSA) is 106 Å². The van der Waals surface area contributed by atoms with Gasteiger partial charge in [-0.3, -0.25) is 0 Å². The molecule has 27 heavy (non-hydrogen) atoms. The predicted molar refractivity (Wildman–Crippen MR) is 99.3 cm³/mol. The second-order valence-electron chi connectivity index (χ2n) is 5.51. The van der Waals surface area contributed by atoms with Gasteiger partial charge in [0.25, 0.3) is 0 Å². The minimum Gasteiger partial charge on any atom is -0.302 e. The molecule has 6 nitrogen and oxygen atoms in total. The molecule has 0 bridgehead atoms. The lowest BCUT2D eigenvalue weighted by Crippen LogP contribution is -2.05. The Kier molecular flexibility index (Phi) is 5.29. The first-order valence-electron chi connectivity index (χ1n) is 7.59. The fourth-order valence-electron chi connectivity index (χ4n) is 2.40. The first kappa shape index (κ1) is 19.4. The quantitative estimate of drug-likeness (QED) is 0.634. The van der Waals surface area contributed by atoms with Crippen molar-refractivity contribution in [3.8, 4) is 0 Å². The average Bonchev–Trinajstić information content (AvgIpc) is 2.69. The number of sulfone groups is 2. The van der Waals surface area contributed by atoms with Crippen molar-refractivity contribution in [2.75, 3.05) is 0 Å². The van der Waals surface area contributed by atoms with Gasteiger partial charge in [0.1, 0.15) is 0 Å². The lowest BCUT2D eigenvalue weighted by atomic mass is 10.4. The van der Waals surface area contributed by atoms with Crippen molar-refractivity contribution in [2.45, 2.75) is 24.5 Å². The van der Waals surface area contributed by atoms with Crippen LogP contribution in [0.5, 0.6) is 0 Å². The predicted octanol–water partition coefficient (Wildman–Crippen LogP) is 2.93. The van der Waals surface area contributed by atoms with Crippen LogP contribution in [0.2, 0.25) is 0 Å². The third-order valence-corrected chi connectivity index (χ3v) is 8.08. The molecule has 1 N–H and O–H groups in total. The molecule has 140 valence electrons. The molecule has 0 aliphatic rings. The summed E-state index contributed by atoms with van der Waals surface area (Å²) in [6.07, 6.45) is 0. The number of rotatable bonds is 5. The monoisotopic (exact) mass is 422 g/mol. The first-order chi connectivity index (χ1) is 12.7. The molecule has 0 radical (unpaired) electrons. The Morgan fingerprint density at radius 1 is 0.556 bits per heavy atom. The third kappa shape index (κ3) is 3.86. The smallest absolute Gasteiger partial charge is 0.206 e. The molecule has 0 aromatic heterocycles. The van der Waals surface area contributed by atoms with Gasteiger partial charge in [0.15, 0.2) is 11.1 Å². The zero-order valence-corrected chi connectivity index (χ0v) is 16.2. The zero-order valence-electron chi connectivity index (χ0n) is 13.7. The summed E-state index contributed by atoms with van der Waals surface area (Å²) in [7, 11) is -7.62. The van der Waals surface area contributed by atoms with Gasteiger partial charge >= 0.3 is 0 Å². The van der Waals surface area contributed by atoms with Gasteiger partial charge in [0.05, 0.1) is 24.5 Å². The Hall–Kier alpha value is -2.33. The fourth-order valence-corrected chi connectivity index (χ4v) is 5.32. The summed E-state index contributed by atoms with van der Waals surface area (Å²) in [4.78, 5) is 0.0490. The highest BCUT2D eigenvalue weighted by Crippen LogP contribution is 2.25. The first-order valence-corrected chi connectivity index (χ1v) is 11.7. The number of hydrogen-bond donors (Lipinski definition) is 1. The maximum absolute atomic E-state index is 12.7. The molecule has 0 aliphatic carbocycles. The highest BCUT2D eigenvalue weighted by Gasteiger charge is 2.21. The summed E-state index contributed by atoms with van der Waals surface area (Å²) in [5.41, 5.74) is 0. The van der Waals surface area contributed by atoms with Crippen molar-refractivity contribution < 1.29 is 25.6 Å². The van der Waals surface area contributed by atoms with E-state index in [4.69, 9.17) is 4.55 Å². The summed E-state index contributed by atoms with van der Waals surface area (Å²) in [5.74, 6) is 0. The highest BCUT2D eigenvalue weighted by molar-refractivity contribution is 7.92. The molecule has 0 aliphatic heterocycles. The van der Waals surface area contributed by atoms with Crippen LogP contribution in [-0.4, -0.2) is 25.6 Å². The van der Waals surface area contributed by atoms with Gasteiger partial charge in [-0.25, -0.2) is 21.0 Å². The number of hydrogen-bond acceptors (Lipinski definition) is 5. The van der Waals surface area contributed by atoms with E-state index in [-0.39, 0.29) is 24.5 Å². The van der Waals surface area contributed by atoms with Crippen LogP contribution in [0.25, 0.3) is 0 Å². The van der Waals surface area contributed by atoms with Crippen LogP contribution in [0.15, 0.2) is 103 Å². The van der Waals surface area contributed by atoms with Crippen LogP contribution in [0.3, 0.4) is 0 Å². The minimum absolute atomic E-state index is 0.0151. The normalized spacial score (nSPS) is 13.2. The highest BCUT2D eigenvalue weighted by atomic mass is 32.2. The molecular formula is C18H14O6S3. The maximum Gasteiger partial charge on any atom is 0.206 e. The Bertz CT molecular complexity index is 1180. The molecule has 1 unspecified atom stereocenters. The van der Waals surface area contributed by atoms with Crippen LogP contribution in [0.1, 0.15) is 0 Å². The van der Waals surface area contributed by atoms with Crippen molar-refractivity contribution in [1.82, 2.24) is 0 Å². The third-order valence-electron chi connectivity index (χ3n) is 3.83. The molecule has 9 heteroatoms. The zero-order chi connectivity index (χ0) is 19.7. The second-order valence-corrected chi connectivity index (χ2v) is 10.4. The molecule has 3 aromatic carbocycles. The number of benzene rings is 3. The molecule has 0 saturated carbocycles. The van der Waals surface area contributed by atoms with Gasteiger partial charge in [0, 0.05) is 0 Å². The summed E-state index contributed by atoms with van der Waals surface area (Å²) in [6.45, 7) is 0. The molecule has 3 aromatic rings. The van der Waals surface area contributed by atoms with Gasteiger partial charge in [-0.15, -0.1) is 0 Å². The van der Waals surface area contributed by atoms with E-state index in [1.807, 2.05) is 0 Å². The largest absolute Gasteiger partial charge is 0.302 e. The molecule has 1 atom stereocenters. The SMILES string of the molecule is O=S(O)c1ccc(S(=O)(=O)c2ccc(S(=O)(=O)c3ccccc3)cc2)cc1. The minimum atomic E-state index is -3.88. The van der Waals surface area contributed by atoms with Crippen molar-refractivity contribution in [2.24, 2.45) is 0 Å². The van der Waals surface area contributed by atoms with Gasteiger partial charge in [-0.1, -0.05) is 18.2 Å². The Morgan fingerprint density at radius 3 is 1.26 bits per heavy atom. The molecular weight excluding hydrogens is 408 g/mol. The Balaban J connectivity index is 1.96. The second kappa shape index (κ2) is 7.35. The lowest BCUT2D eigenvalue weighted by molar-refractivity contribution is 0.564. The molecule has 0 spiro atoms. The van der Waals surface area contributed by atoms with E-state index in [2.05, 4.69) is 0 Å². The average molecular weight is 423 g/mol. The van der Waals surface area contributed by atoms with E-state index in [0.29, 0.717) is 0 Å². The van der Waals surface area contributed by atoms with Gasteiger partial charge < -0.3 is 4.55 Å². The Morgan fingerprint density at radius 2 is 0.889 bits per heavy atom. The maximum atomic E-state index is 12.7. The fraction of sp³-hybridized carbons (Fsp3) is 0. The molecule has 0 fully saturated rings. The van der Waals surface area contributed by atoms with Gasteiger partial charge in [0.2, 0.25) is 19.7 Å². The van der Waals surface area contributed by atoms with Crippen molar-refractivity contribution in [3.05, 3.63) is 78.9 Å². The van der Waals surface area contributed by atoms with E-state index >= 15 is 0 Å². The van der Waals surface area contributed by atoms with Gasteiger partial charge in [-0.05, 0) is 60.7 Å². The summed E-state index contributed by atoms with van der Waals surface area (Å²) < 4.78 is 70.4. The van der Waals surface area contributed by atoms with Crippen LogP contribution in [0, 0.1) is 0 Å². The Labute approximate surface area is 159 Å². The van der Waals surface area contributed by atoms with Gasteiger partial charge in [-0.2, -0.15) is 0 Å². The van der Waals surface area contributed by atoms with Crippen molar-refractivity contribution in [3.63, 3.8) is 0 Å². The molecule has 3 rings (SSSR count). The van der Waals surface area contributed by atoms with Crippen LogP contribution in [0.4, 0.5) is 0 Å². The van der Waals surface area contributed by atoms with Crippen LogP contribution >= 0.6 is 0 Å². The van der Waals surface area contributed by atoms with E-state index in [9.17, 15) is 21.0 Å². The van der Waals surface area contributed by atoms with E-state index in [0.717, 1.165) is 0 Å². The van der Waals surface area contributed by atoms with E-state index < -0.39 is 30.8 Å². The van der Waals surface area contributed by atoms with Crippen LogP contribution in [-0.2, 0) is 30.8 Å². The summed E-state index contributed by atoms with van der Waals surface area (Å²) in [5, 5.41) is 0. The summed E-state index contributed by atoms with van der Waals surface area (Å²) in [6, 6.07) is 17.7. The standard InChI is InChI=1S/C18H14O6S3/c19-25(20)14-6-8-16(9-7-14)27(23,24)18-12-10-17(11-13-18)26(21,22)15-4-2-1-3-5-15/h1-13H,(H,19,20). The van der Waals surface area contributed by atoms with Crippen molar-refractivity contribution >= 4 is 30.8 Å². The van der Waals surface area contributed by atoms with Crippen LogP contribution < -0.4 is 0 Å². The van der Waals surface area contributed by atoms with Crippen molar-refractivity contribution in [1.29, 1.82) is 0 Å². The van der Waals surface area contributed by atoms with E-state index in [1.54, 1.807) is 18.2 Å². The molecule has 0 heterocycles. The summed E-state index contributed by atoms with van der Waals surface area (Å²) >= 11 is -2.20.